The second-order valence-electron chi connectivity index (χ2n) is 4.67. The zero-order chi connectivity index (χ0) is 16.2. The normalized spacial score (nSPS) is 11.8. The van der Waals surface area contributed by atoms with E-state index in [1.165, 1.54) is 39.9 Å². The standard InChI is InChI=1S/C15H15ClFNO2S2/c1-2-8-18(10-14-6-7-15(16)21-14)22(19,20)11-12-4-3-5-13(17)9-12/h2-7,9H,1,8,10-11H2. The van der Waals surface area contributed by atoms with E-state index in [4.69, 9.17) is 11.6 Å². The van der Waals surface area contributed by atoms with Crippen LogP contribution in [0.5, 0.6) is 0 Å². The third-order valence-electron chi connectivity index (χ3n) is 2.93. The molecule has 0 aliphatic rings. The smallest absolute Gasteiger partial charge is 0.212 e. The molecule has 0 spiro atoms. The maximum absolute atomic E-state index is 13.2. The zero-order valence-corrected chi connectivity index (χ0v) is 14.1. The van der Waals surface area contributed by atoms with Crippen LogP contribution in [-0.4, -0.2) is 19.3 Å². The van der Waals surface area contributed by atoms with Crippen molar-refractivity contribution in [2.75, 3.05) is 6.54 Å². The number of rotatable bonds is 7. The molecule has 0 radical (unpaired) electrons. The molecule has 0 fully saturated rings. The van der Waals surface area contributed by atoms with Crippen molar-refractivity contribution in [3.8, 4) is 0 Å². The van der Waals surface area contributed by atoms with Crippen LogP contribution in [0.25, 0.3) is 0 Å². The summed E-state index contributed by atoms with van der Waals surface area (Å²) in [6, 6.07) is 9.12. The summed E-state index contributed by atoms with van der Waals surface area (Å²) in [5, 5.41) is 0. The molecule has 0 atom stereocenters. The molecule has 0 amide bonds. The summed E-state index contributed by atoms with van der Waals surface area (Å²) >= 11 is 7.20. The predicted octanol–water partition coefficient (Wildman–Crippen LogP) is 4.06. The Bertz CT molecular complexity index is 758. The Kier molecular flexibility index (Phi) is 5.74. The molecule has 3 nitrogen and oxygen atoms in total. The van der Waals surface area contributed by atoms with Crippen LogP contribution in [-0.2, 0) is 22.3 Å². The molecular weight excluding hydrogens is 345 g/mol. The zero-order valence-electron chi connectivity index (χ0n) is 11.7. The Labute approximate surface area is 138 Å². The fourth-order valence-corrected chi connectivity index (χ4v) is 4.60. The van der Waals surface area contributed by atoms with Crippen LogP contribution in [0.2, 0.25) is 4.34 Å². The molecule has 0 aliphatic heterocycles. The van der Waals surface area contributed by atoms with Gasteiger partial charge in [0, 0.05) is 18.0 Å². The third kappa shape index (κ3) is 4.64. The van der Waals surface area contributed by atoms with Gasteiger partial charge in [-0.2, -0.15) is 4.31 Å². The van der Waals surface area contributed by atoms with E-state index in [1.807, 2.05) is 0 Å². The number of sulfonamides is 1. The van der Waals surface area contributed by atoms with Crippen molar-refractivity contribution in [1.29, 1.82) is 0 Å². The van der Waals surface area contributed by atoms with Crippen LogP contribution >= 0.6 is 22.9 Å². The van der Waals surface area contributed by atoms with E-state index in [1.54, 1.807) is 18.2 Å². The minimum Gasteiger partial charge on any atom is -0.212 e. The fourth-order valence-electron chi connectivity index (χ4n) is 1.96. The first-order valence-electron chi connectivity index (χ1n) is 6.48. The Morgan fingerprint density at radius 2 is 2.09 bits per heavy atom. The summed E-state index contributed by atoms with van der Waals surface area (Å²) in [4.78, 5) is 0.842. The molecule has 1 heterocycles. The number of hydrogen-bond acceptors (Lipinski definition) is 3. The maximum Gasteiger partial charge on any atom is 0.218 e. The summed E-state index contributed by atoms with van der Waals surface area (Å²) in [7, 11) is -3.58. The Balaban J connectivity index is 2.20. The average Bonchev–Trinajstić information content (AvgIpc) is 2.83. The van der Waals surface area contributed by atoms with E-state index in [-0.39, 0.29) is 18.8 Å². The summed E-state index contributed by atoms with van der Waals surface area (Å²) in [5.74, 6) is -0.703. The van der Waals surface area contributed by atoms with E-state index >= 15 is 0 Å². The maximum atomic E-state index is 13.2. The number of nitrogens with zero attached hydrogens (tertiary/aromatic N) is 1. The summed E-state index contributed by atoms with van der Waals surface area (Å²) in [6.07, 6.45) is 1.53. The molecule has 1 aromatic carbocycles. The quantitative estimate of drug-likeness (QED) is 0.699. The monoisotopic (exact) mass is 359 g/mol. The van der Waals surface area contributed by atoms with Gasteiger partial charge >= 0.3 is 0 Å². The van der Waals surface area contributed by atoms with Crippen molar-refractivity contribution in [1.82, 2.24) is 4.31 Å². The van der Waals surface area contributed by atoms with Gasteiger partial charge in [0.1, 0.15) is 5.82 Å². The van der Waals surface area contributed by atoms with Crippen LogP contribution in [0.3, 0.4) is 0 Å². The number of hydrogen-bond donors (Lipinski definition) is 0. The van der Waals surface area contributed by atoms with Crippen LogP contribution in [0.15, 0.2) is 49.1 Å². The predicted molar refractivity (Wildman–Crippen MR) is 89.0 cm³/mol. The molecule has 22 heavy (non-hydrogen) atoms. The first-order valence-corrected chi connectivity index (χ1v) is 9.28. The van der Waals surface area contributed by atoms with Crippen LogP contribution in [0.4, 0.5) is 4.39 Å². The average molecular weight is 360 g/mol. The molecular formula is C15H15ClFNO2S2. The molecule has 0 unspecified atom stereocenters. The van der Waals surface area contributed by atoms with E-state index in [0.717, 1.165) is 4.88 Å². The Hall–Kier alpha value is -1.21. The van der Waals surface area contributed by atoms with Gasteiger partial charge in [-0.1, -0.05) is 29.8 Å². The molecule has 0 saturated heterocycles. The minimum absolute atomic E-state index is 0.188. The van der Waals surface area contributed by atoms with Gasteiger partial charge in [0.25, 0.3) is 0 Å². The van der Waals surface area contributed by atoms with Crippen LogP contribution < -0.4 is 0 Å². The number of thiophene rings is 1. The molecule has 0 aliphatic carbocycles. The van der Waals surface area contributed by atoms with Crippen molar-refractivity contribution >= 4 is 33.0 Å². The second kappa shape index (κ2) is 7.37. The summed E-state index contributed by atoms with van der Waals surface area (Å²) in [5.41, 5.74) is 0.415. The molecule has 2 aromatic rings. The molecule has 0 saturated carbocycles. The lowest BCUT2D eigenvalue weighted by Crippen LogP contribution is -2.31. The van der Waals surface area contributed by atoms with Gasteiger partial charge in [0.05, 0.1) is 10.1 Å². The molecule has 0 bridgehead atoms. The van der Waals surface area contributed by atoms with Gasteiger partial charge in [-0.15, -0.1) is 17.9 Å². The molecule has 7 heteroatoms. The highest BCUT2D eigenvalue weighted by molar-refractivity contribution is 7.88. The largest absolute Gasteiger partial charge is 0.218 e. The van der Waals surface area contributed by atoms with Gasteiger partial charge in [-0.05, 0) is 29.8 Å². The van der Waals surface area contributed by atoms with E-state index < -0.39 is 15.8 Å². The van der Waals surface area contributed by atoms with Crippen molar-refractivity contribution in [3.63, 3.8) is 0 Å². The lowest BCUT2D eigenvalue weighted by molar-refractivity contribution is 0.440. The SMILES string of the molecule is C=CCN(Cc1ccc(Cl)s1)S(=O)(=O)Cc1cccc(F)c1. The molecule has 118 valence electrons. The van der Waals surface area contributed by atoms with Crippen molar-refractivity contribution in [2.45, 2.75) is 12.3 Å². The van der Waals surface area contributed by atoms with Gasteiger partial charge in [-0.3, -0.25) is 0 Å². The van der Waals surface area contributed by atoms with Gasteiger partial charge in [0.2, 0.25) is 10.0 Å². The lowest BCUT2D eigenvalue weighted by atomic mass is 10.2. The van der Waals surface area contributed by atoms with Gasteiger partial charge < -0.3 is 0 Å². The van der Waals surface area contributed by atoms with E-state index in [2.05, 4.69) is 6.58 Å². The summed E-state index contributed by atoms with van der Waals surface area (Å²) < 4.78 is 40.2. The van der Waals surface area contributed by atoms with Crippen molar-refractivity contribution in [2.24, 2.45) is 0 Å². The summed E-state index contributed by atoms with van der Waals surface area (Å²) in [6.45, 7) is 4.00. The van der Waals surface area contributed by atoms with Gasteiger partial charge in [-0.25, -0.2) is 12.8 Å². The molecule has 0 N–H and O–H groups in total. The fraction of sp³-hybridized carbons (Fsp3) is 0.200. The van der Waals surface area contributed by atoms with E-state index in [0.29, 0.717) is 9.90 Å². The van der Waals surface area contributed by atoms with Crippen LogP contribution in [0.1, 0.15) is 10.4 Å². The lowest BCUT2D eigenvalue weighted by Gasteiger charge is -2.20. The highest BCUT2D eigenvalue weighted by atomic mass is 35.5. The highest BCUT2D eigenvalue weighted by Crippen LogP contribution is 2.24. The Morgan fingerprint density at radius 1 is 1.32 bits per heavy atom. The first-order chi connectivity index (χ1) is 10.4. The first kappa shape index (κ1) is 17.1. The second-order valence-corrected chi connectivity index (χ2v) is 8.44. The van der Waals surface area contributed by atoms with Crippen molar-refractivity contribution in [3.05, 3.63) is 69.6 Å². The third-order valence-corrected chi connectivity index (χ3v) is 5.90. The topological polar surface area (TPSA) is 37.4 Å². The number of halogens is 2. The van der Waals surface area contributed by atoms with Crippen LogP contribution in [0, 0.1) is 5.82 Å². The molecule has 2 rings (SSSR count). The van der Waals surface area contributed by atoms with E-state index in [9.17, 15) is 12.8 Å². The minimum atomic E-state index is -3.58. The van der Waals surface area contributed by atoms with Crippen molar-refractivity contribution < 1.29 is 12.8 Å². The Morgan fingerprint density at radius 3 is 2.68 bits per heavy atom. The van der Waals surface area contributed by atoms with Gasteiger partial charge in [0.15, 0.2) is 0 Å². The molecule has 1 aromatic heterocycles. The highest BCUT2D eigenvalue weighted by Gasteiger charge is 2.22. The number of benzene rings is 1.